The van der Waals surface area contributed by atoms with E-state index in [4.69, 9.17) is 5.73 Å². The Labute approximate surface area is 86.6 Å². The number of nitrogen functional groups attached to an aromatic ring is 1. The van der Waals surface area contributed by atoms with Gasteiger partial charge >= 0.3 is 5.95 Å². The summed E-state index contributed by atoms with van der Waals surface area (Å²) in [5.74, 6) is 0.377. The number of nitrogens with two attached hydrogens (primary N) is 1. The summed E-state index contributed by atoms with van der Waals surface area (Å²) in [5.41, 5.74) is 6.64. The minimum absolute atomic E-state index is 0.377. The topological polar surface area (TPSA) is 73.0 Å². The molecule has 0 fully saturated rings. The molecule has 0 spiro atoms. The van der Waals surface area contributed by atoms with E-state index in [1.54, 1.807) is 13.3 Å². The Morgan fingerprint density at radius 3 is 2.73 bits per heavy atom. The molecule has 6 heteroatoms. The highest BCUT2D eigenvalue weighted by Crippen LogP contribution is 1.95. The minimum Gasteiger partial charge on any atom is -0.304 e. The quantitative estimate of drug-likeness (QED) is 0.531. The molecule has 0 amide bonds. The van der Waals surface area contributed by atoms with Gasteiger partial charge in [0.1, 0.15) is 5.21 Å². The first-order valence-corrected chi connectivity index (χ1v) is 4.44. The molecule has 1 aromatic heterocycles. The molecular formula is C9H11N6+. The van der Waals surface area contributed by atoms with Crippen LogP contribution in [0.1, 0.15) is 5.56 Å². The van der Waals surface area contributed by atoms with Crippen LogP contribution in [0.4, 0.5) is 5.95 Å². The molecule has 0 saturated carbocycles. The maximum atomic E-state index is 5.65. The van der Waals surface area contributed by atoms with Crippen LogP contribution in [-0.2, 0) is 7.05 Å². The molecule has 0 aliphatic rings. The molecule has 2 aromatic rings. The summed E-state index contributed by atoms with van der Waals surface area (Å²) in [6, 6.07) is 9.70. The number of benzene rings is 1. The van der Waals surface area contributed by atoms with Gasteiger partial charge in [0.05, 0.1) is 18.5 Å². The highest BCUT2D eigenvalue weighted by atomic mass is 15.7. The largest absolute Gasteiger partial charge is 0.388 e. The van der Waals surface area contributed by atoms with Gasteiger partial charge in [-0.15, -0.1) is 4.68 Å². The molecular weight excluding hydrogens is 192 g/mol. The van der Waals surface area contributed by atoms with Crippen LogP contribution in [0, 0.1) is 0 Å². The van der Waals surface area contributed by atoms with Crippen LogP contribution in [0.2, 0.25) is 0 Å². The van der Waals surface area contributed by atoms with Gasteiger partial charge < -0.3 is 5.73 Å². The second-order valence-corrected chi connectivity index (χ2v) is 3.01. The summed E-state index contributed by atoms with van der Waals surface area (Å²) in [6.45, 7) is 0. The number of aryl methyl sites for hydroxylation is 1. The van der Waals surface area contributed by atoms with Gasteiger partial charge in [-0.1, -0.05) is 35.4 Å². The van der Waals surface area contributed by atoms with Crippen LogP contribution in [0.15, 0.2) is 35.4 Å². The van der Waals surface area contributed by atoms with Crippen LogP contribution < -0.4 is 10.4 Å². The number of hydrogen-bond acceptors (Lipinski definition) is 4. The Morgan fingerprint density at radius 1 is 1.40 bits per heavy atom. The van der Waals surface area contributed by atoms with Crippen molar-refractivity contribution < 1.29 is 4.68 Å². The number of hydrogen-bond donors (Lipinski definition) is 1. The molecule has 15 heavy (non-hydrogen) atoms. The van der Waals surface area contributed by atoms with E-state index in [1.807, 2.05) is 30.3 Å². The molecule has 6 nitrogen and oxygen atoms in total. The first-order chi connectivity index (χ1) is 7.27. The highest BCUT2D eigenvalue weighted by Gasteiger charge is 2.10. The van der Waals surface area contributed by atoms with Gasteiger partial charge in [-0.25, -0.2) is 0 Å². The molecule has 0 aliphatic heterocycles. The zero-order valence-corrected chi connectivity index (χ0v) is 8.28. The summed E-state index contributed by atoms with van der Waals surface area (Å²) < 4.78 is 1.45. The summed E-state index contributed by atoms with van der Waals surface area (Å²) >= 11 is 0. The van der Waals surface area contributed by atoms with Crippen LogP contribution in [0.5, 0.6) is 0 Å². The van der Waals surface area contributed by atoms with Gasteiger partial charge in [-0.3, -0.25) is 0 Å². The van der Waals surface area contributed by atoms with Gasteiger partial charge in [0.25, 0.3) is 0 Å². The Bertz CT molecular complexity index is 473. The fourth-order valence-corrected chi connectivity index (χ4v) is 1.06. The third kappa shape index (κ3) is 1.98. The average Bonchev–Trinajstić information content (AvgIpc) is 2.59. The zero-order chi connectivity index (χ0) is 10.7. The van der Waals surface area contributed by atoms with Gasteiger partial charge in [0, 0.05) is 4.79 Å². The van der Waals surface area contributed by atoms with Crippen molar-refractivity contribution in [3.8, 4) is 0 Å². The maximum absolute atomic E-state index is 5.65. The molecule has 0 radical (unpaired) electrons. The SMILES string of the molecule is C[n+]1nnn(/N=C\c2ccccc2)c1N. The molecule has 0 unspecified atom stereocenters. The van der Waals surface area contributed by atoms with Crippen LogP contribution in [-0.4, -0.2) is 21.4 Å². The van der Waals surface area contributed by atoms with E-state index in [-0.39, 0.29) is 0 Å². The van der Waals surface area contributed by atoms with Crippen molar-refractivity contribution in [2.75, 3.05) is 5.73 Å². The highest BCUT2D eigenvalue weighted by molar-refractivity contribution is 5.79. The molecule has 2 N–H and O–H groups in total. The first kappa shape index (κ1) is 9.32. The normalized spacial score (nSPS) is 11.0. The van der Waals surface area contributed by atoms with Gasteiger partial charge in [0.15, 0.2) is 0 Å². The van der Waals surface area contributed by atoms with Gasteiger partial charge in [0.2, 0.25) is 0 Å². The van der Waals surface area contributed by atoms with Crippen molar-refractivity contribution in [2.24, 2.45) is 12.1 Å². The number of nitrogens with zero attached hydrogens (tertiary/aromatic N) is 5. The van der Waals surface area contributed by atoms with Gasteiger partial charge in [-0.05, 0) is 5.56 Å². The van der Waals surface area contributed by atoms with Gasteiger partial charge in [-0.2, -0.15) is 0 Å². The number of rotatable bonds is 2. The van der Waals surface area contributed by atoms with Crippen molar-refractivity contribution in [3.63, 3.8) is 0 Å². The summed E-state index contributed by atoms with van der Waals surface area (Å²) in [4.78, 5) is 1.27. The fraction of sp³-hybridized carbons (Fsp3) is 0.111. The molecule has 0 saturated heterocycles. The molecule has 76 valence electrons. The predicted molar refractivity (Wildman–Crippen MR) is 55.0 cm³/mol. The van der Waals surface area contributed by atoms with Crippen LogP contribution in [0.25, 0.3) is 0 Å². The van der Waals surface area contributed by atoms with Crippen LogP contribution in [0.3, 0.4) is 0 Å². The lowest BCUT2D eigenvalue weighted by Crippen LogP contribution is -2.33. The summed E-state index contributed by atoms with van der Waals surface area (Å²) in [7, 11) is 1.71. The lowest BCUT2D eigenvalue weighted by atomic mass is 10.2. The first-order valence-electron chi connectivity index (χ1n) is 4.44. The molecule has 1 heterocycles. The van der Waals surface area contributed by atoms with Crippen molar-refractivity contribution >= 4 is 12.2 Å². The molecule has 0 aliphatic carbocycles. The van der Waals surface area contributed by atoms with E-state index in [9.17, 15) is 0 Å². The third-order valence-electron chi connectivity index (χ3n) is 1.91. The molecule has 0 bridgehead atoms. The van der Waals surface area contributed by atoms with Crippen molar-refractivity contribution in [3.05, 3.63) is 35.9 Å². The number of aromatic nitrogens is 4. The maximum Gasteiger partial charge on any atom is 0.388 e. The number of tetrazole rings is 1. The minimum atomic E-state index is 0.377. The fourth-order valence-electron chi connectivity index (χ4n) is 1.06. The second-order valence-electron chi connectivity index (χ2n) is 3.01. The average molecular weight is 203 g/mol. The molecule has 0 atom stereocenters. The Balaban J connectivity index is 2.23. The van der Waals surface area contributed by atoms with E-state index in [1.165, 1.54) is 9.47 Å². The van der Waals surface area contributed by atoms with E-state index >= 15 is 0 Å². The summed E-state index contributed by atoms with van der Waals surface area (Å²) in [5, 5.41) is 11.5. The molecule has 1 aromatic carbocycles. The van der Waals surface area contributed by atoms with E-state index in [0.29, 0.717) is 5.95 Å². The van der Waals surface area contributed by atoms with E-state index in [0.717, 1.165) is 5.56 Å². The van der Waals surface area contributed by atoms with Crippen molar-refractivity contribution in [1.82, 2.24) is 15.2 Å². The van der Waals surface area contributed by atoms with Crippen molar-refractivity contribution in [2.45, 2.75) is 0 Å². The third-order valence-corrected chi connectivity index (χ3v) is 1.91. The Kier molecular flexibility index (Phi) is 2.40. The Morgan fingerprint density at radius 2 is 2.13 bits per heavy atom. The lowest BCUT2D eigenvalue weighted by Gasteiger charge is -1.88. The Hall–Kier alpha value is -2.24. The van der Waals surface area contributed by atoms with E-state index < -0.39 is 0 Å². The molecule has 2 rings (SSSR count). The second kappa shape index (κ2) is 3.87. The monoisotopic (exact) mass is 203 g/mol. The number of anilines is 1. The zero-order valence-electron chi connectivity index (χ0n) is 8.28. The van der Waals surface area contributed by atoms with Crippen molar-refractivity contribution in [1.29, 1.82) is 0 Å². The van der Waals surface area contributed by atoms with Crippen LogP contribution >= 0.6 is 0 Å². The summed E-state index contributed by atoms with van der Waals surface area (Å²) in [6.07, 6.45) is 1.67. The standard InChI is InChI=1S/C9H10N6/c1-14-9(10)15(13-12-14)11-7-8-5-3-2-4-6-8/h2-7,10H,1H3/p+1/b11-7-. The smallest absolute Gasteiger partial charge is 0.304 e. The predicted octanol–water partition coefficient (Wildman–Crippen LogP) is -0.433. The van der Waals surface area contributed by atoms with E-state index in [2.05, 4.69) is 15.5 Å². The lowest BCUT2D eigenvalue weighted by molar-refractivity contribution is -0.718.